The second kappa shape index (κ2) is 8.24. The fourth-order valence-corrected chi connectivity index (χ4v) is 2.53. The molecule has 138 valence electrons. The molecule has 9 nitrogen and oxygen atoms in total. The van der Waals surface area contributed by atoms with Crippen molar-refractivity contribution in [3.05, 3.63) is 57.4 Å². The van der Waals surface area contributed by atoms with E-state index in [0.29, 0.717) is 0 Å². The molecule has 2 rings (SSSR count). The molecule has 0 saturated carbocycles. The summed E-state index contributed by atoms with van der Waals surface area (Å²) in [5.41, 5.74) is 1.27. The van der Waals surface area contributed by atoms with Crippen LogP contribution < -0.4 is 5.32 Å². The summed E-state index contributed by atoms with van der Waals surface area (Å²) in [7, 11) is 0. The van der Waals surface area contributed by atoms with Crippen LogP contribution in [0.3, 0.4) is 0 Å². The standard InChI is InChI=1S/C17H20N4O5/c1-11(14-7-5-4-6-8-14)18-15(22)10-26-16(23)9-20-13(3)17(21(24)25)12(2)19-20/h4-8,11H,9-10H2,1-3H3,(H,18,22)/t11-/m1/s1. The quantitative estimate of drug-likeness (QED) is 0.457. The topological polar surface area (TPSA) is 116 Å². The summed E-state index contributed by atoms with van der Waals surface area (Å²) >= 11 is 0. The van der Waals surface area contributed by atoms with Crippen molar-refractivity contribution in [1.29, 1.82) is 0 Å². The number of hydrogen-bond acceptors (Lipinski definition) is 6. The van der Waals surface area contributed by atoms with Gasteiger partial charge in [-0.2, -0.15) is 5.10 Å². The van der Waals surface area contributed by atoms with Crippen molar-refractivity contribution in [2.75, 3.05) is 6.61 Å². The zero-order valence-electron chi connectivity index (χ0n) is 14.8. The van der Waals surface area contributed by atoms with Crippen LogP contribution in [0.2, 0.25) is 0 Å². The van der Waals surface area contributed by atoms with Gasteiger partial charge in [0.25, 0.3) is 5.91 Å². The van der Waals surface area contributed by atoms with Crippen molar-refractivity contribution < 1.29 is 19.2 Å². The van der Waals surface area contributed by atoms with Gasteiger partial charge in [0.05, 0.1) is 11.0 Å². The van der Waals surface area contributed by atoms with Crippen molar-refractivity contribution in [3.63, 3.8) is 0 Å². The largest absolute Gasteiger partial charge is 0.454 e. The lowest BCUT2D eigenvalue weighted by atomic mass is 10.1. The van der Waals surface area contributed by atoms with Crippen molar-refractivity contribution in [2.24, 2.45) is 0 Å². The third-order valence-electron chi connectivity index (χ3n) is 3.85. The monoisotopic (exact) mass is 360 g/mol. The Morgan fingerprint density at radius 2 is 1.96 bits per heavy atom. The van der Waals surface area contributed by atoms with E-state index in [1.807, 2.05) is 37.3 Å². The molecule has 1 amide bonds. The van der Waals surface area contributed by atoms with E-state index < -0.39 is 23.4 Å². The molecule has 0 bridgehead atoms. The van der Waals surface area contributed by atoms with E-state index in [1.54, 1.807) is 0 Å². The molecule has 1 aromatic heterocycles. The highest BCUT2D eigenvalue weighted by Crippen LogP contribution is 2.21. The minimum Gasteiger partial charge on any atom is -0.454 e. The van der Waals surface area contributed by atoms with E-state index in [4.69, 9.17) is 4.74 Å². The summed E-state index contributed by atoms with van der Waals surface area (Å²) in [5.74, 6) is -1.14. The van der Waals surface area contributed by atoms with Gasteiger partial charge in [-0.15, -0.1) is 0 Å². The van der Waals surface area contributed by atoms with E-state index >= 15 is 0 Å². The zero-order chi connectivity index (χ0) is 19.3. The Bertz CT molecular complexity index is 816. The number of carbonyl (C=O) groups is 2. The van der Waals surface area contributed by atoms with Crippen LogP contribution in [0.25, 0.3) is 0 Å². The van der Waals surface area contributed by atoms with Crippen LogP contribution in [0.4, 0.5) is 5.69 Å². The zero-order valence-corrected chi connectivity index (χ0v) is 14.8. The lowest BCUT2D eigenvalue weighted by molar-refractivity contribution is -0.386. The van der Waals surface area contributed by atoms with Crippen molar-refractivity contribution in [3.8, 4) is 0 Å². The van der Waals surface area contributed by atoms with Gasteiger partial charge in [-0.1, -0.05) is 30.3 Å². The first-order valence-corrected chi connectivity index (χ1v) is 7.98. The summed E-state index contributed by atoms with van der Waals surface area (Å²) in [4.78, 5) is 34.2. The minimum absolute atomic E-state index is 0.132. The molecule has 0 unspecified atom stereocenters. The molecule has 0 aliphatic carbocycles. The number of nitrogens with zero attached hydrogens (tertiary/aromatic N) is 3. The summed E-state index contributed by atoms with van der Waals surface area (Å²) < 4.78 is 6.12. The molecule has 9 heteroatoms. The fraction of sp³-hybridized carbons (Fsp3) is 0.353. The maximum absolute atomic E-state index is 11.9. The third kappa shape index (κ3) is 4.65. The highest BCUT2D eigenvalue weighted by atomic mass is 16.6. The highest BCUT2D eigenvalue weighted by Gasteiger charge is 2.23. The number of nitrogens with one attached hydrogen (secondary N) is 1. The van der Waals surface area contributed by atoms with Crippen LogP contribution in [0.5, 0.6) is 0 Å². The number of esters is 1. The first-order chi connectivity index (χ1) is 12.3. The molecular formula is C17H20N4O5. The van der Waals surface area contributed by atoms with Crippen LogP contribution in [0.1, 0.15) is 29.9 Å². The second-order valence-corrected chi connectivity index (χ2v) is 5.79. The Kier molecular flexibility index (Phi) is 6.05. The Labute approximate surface area is 150 Å². The number of aryl methyl sites for hydroxylation is 1. The Balaban J connectivity index is 1.86. The van der Waals surface area contributed by atoms with Crippen LogP contribution in [0.15, 0.2) is 30.3 Å². The van der Waals surface area contributed by atoms with E-state index in [-0.39, 0.29) is 29.7 Å². The van der Waals surface area contributed by atoms with Crippen LogP contribution in [-0.2, 0) is 20.9 Å². The molecule has 26 heavy (non-hydrogen) atoms. The van der Waals surface area contributed by atoms with Gasteiger partial charge < -0.3 is 10.1 Å². The number of benzene rings is 1. The number of carbonyl (C=O) groups excluding carboxylic acids is 2. The molecule has 1 atom stereocenters. The SMILES string of the molecule is Cc1nn(CC(=O)OCC(=O)N[C@H](C)c2ccccc2)c(C)c1[N+](=O)[O-]. The van der Waals surface area contributed by atoms with Crippen molar-refractivity contribution in [2.45, 2.75) is 33.4 Å². The Morgan fingerprint density at radius 3 is 2.54 bits per heavy atom. The van der Waals surface area contributed by atoms with Gasteiger partial charge in [-0.25, -0.2) is 0 Å². The van der Waals surface area contributed by atoms with Gasteiger partial charge in [0.1, 0.15) is 17.9 Å². The minimum atomic E-state index is -0.701. The first kappa shape index (κ1) is 19.1. The normalized spacial score (nSPS) is 11.7. The van der Waals surface area contributed by atoms with Crippen LogP contribution >= 0.6 is 0 Å². The third-order valence-corrected chi connectivity index (χ3v) is 3.85. The second-order valence-electron chi connectivity index (χ2n) is 5.79. The maximum Gasteiger partial charge on any atom is 0.328 e. The number of nitro groups is 1. The molecule has 0 saturated heterocycles. The van der Waals surface area contributed by atoms with Gasteiger partial charge in [0.15, 0.2) is 6.61 Å². The molecule has 0 fully saturated rings. The average molecular weight is 360 g/mol. The first-order valence-electron chi connectivity index (χ1n) is 7.98. The maximum atomic E-state index is 11.9. The van der Waals surface area contributed by atoms with Crippen LogP contribution in [-0.4, -0.2) is 33.2 Å². The van der Waals surface area contributed by atoms with Gasteiger partial charge in [0, 0.05) is 0 Å². The number of aromatic nitrogens is 2. The lowest BCUT2D eigenvalue weighted by Crippen LogP contribution is -2.31. The number of rotatable bonds is 7. The summed E-state index contributed by atoms with van der Waals surface area (Å²) in [6.07, 6.45) is 0. The van der Waals surface area contributed by atoms with E-state index in [2.05, 4.69) is 10.4 Å². The fourth-order valence-electron chi connectivity index (χ4n) is 2.53. The van der Waals surface area contributed by atoms with E-state index in [9.17, 15) is 19.7 Å². The predicted molar refractivity (Wildman–Crippen MR) is 92.3 cm³/mol. The van der Waals surface area contributed by atoms with Crippen molar-refractivity contribution >= 4 is 17.6 Å². The number of ether oxygens (including phenoxy) is 1. The molecule has 1 N–H and O–H groups in total. The summed E-state index contributed by atoms with van der Waals surface area (Å²) in [6, 6.07) is 9.15. The molecule has 0 aliphatic rings. The average Bonchev–Trinajstić information content (AvgIpc) is 2.87. The highest BCUT2D eigenvalue weighted by molar-refractivity contribution is 5.80. The van der Waals surface area contributed by atoms with Gasteiger partial charge >= 0.3 is 11.7 Å². The molecule has 1 heterocycles. The van der Waals surface area contributed by atoms with Gasteiger partial charge in [-0.05, 0) is 26.3 Å². The number of hydrogen-bond donors (Lipinski definition) is 1. The predicted octanol–water partition coefficient (Wildman–Crippen LogP) is 1.83. The summed E-state index contributed by atoms with van der Waals surface area (Å²) in [6.45, 7) is 4.08. The molecule has 0 spiro atoms. The molecule has 0 radical (unpaired) electrons. The molecular weight excluding hydrogens is 340 g/mol. The lowest BCUT2D eigenvalue weighted by Gasteiger charge is -2.14. The van der Waals surface area contributed by atoms with E-state index in [0.717, 1.165) is 5.56 Å². The molecule has 0 aliphatic heterocycles. The van der Waals surface area contributed by atoms with Gasteiger partial charge in [-0.3, -0.25) is 24.4 Å². The van der Waals surface area contributed by atoms with Crippen molar-refractivity contribution in [1.82, 2.24) is 15.1 Å². The van der Waals surface area contributed by atoms with E-state index in [1.165, 1.54) is 18.5 Å². The number of amides is 1. The van der Waals surface area contributed by atoms with Crippen LogP contribution in [0, 0.1) is 24.0 Å². The van der Waals surface area contributed by atoms with Gasteiger partial charge in [0.2, 0.25) is 0 Å². The Morgan fingerprint density at radius 1 is 1.31 bits per heavy atom. The Hall–Kier alpha value is -3.23. The molecule has 2 aromatic rings. The summed E-state index contributed by atoms with van der Waals surface area (Å²) in [5, 5.41) is 17.6. The molecule has 1 aromatic carbocycles. The smallest absolute Gasteiger partial charge is 0.328 e.